The molecule has 1 atom stereocenters. The molecule has 124 valence electrons. The molecule has 1 N–H and O–H groups in total. The number of allylic oxidation sites excluding steroid dienone is 1. The summed E-state index contributed by atoms with van der Waals surface area (Å²) in [6, 6.07) is 6.90. The van der Waals surface area contributed by atoms with Gasteiger partial charge in [-0.3, -0.25) is 0 Å². The second-order valence-corrected chi connectivity index (χ2v) is 5.17. The van der Waals surface area contributed by atoms with E-state index in [-0.39, 0.29) is 6.61 Å². The zero-order chi connectivity index (χ0) is 17.1. The molecule has 0 bridgehead atoms. The van der Waals surface area contributed by atoms with Gasteiger partial charge in [-0.25, -0.2) is 4.79 Å². The van der Waals surface area contributed by atoms with E-state index in [9.17, 15) is 4.79 Å². The quantitative estimate of drug-likeness (QED) is 0.660. The maximum absolute atomic E-state index is 12.5. The van der Waals surface area contributed by atoms with Crippen molar-refractivity contribution < 1.29 is 14.3 Å². The van der Waals surface area contributed by atoms with Crippen molar-refractivity contribution in [2.75, 3.05) is 19.0 Å². The van der Waals surface area contributed by atoms with E-state index in [2.05, 4.69) is 27.4 Å². The standard InChI is InChI=1S/C16H17N5O3/c1-4-9-24-15(22)13-10(2)17-16-18-19-20-21(16)14(13)11-5-7-12(23-3)8-6-11/h4-8,14H,1,9H2,2-3H3,(H,17,18,20)/t14-/m0/s1. The van der Waals surface area contributed by atoms with Crippen molar-refractivity contribution in [3.05, 3.63) is 53.8 Å². The van der Waals surface area contributed by atoms with Crippen molar-refractivity contribution >= 4 is 11.9 Å². The third-order valence-corrected chi connectivity index (χ3v) is 3.70. The Kier molecular flexibility index (Phi) is 4.28. The zero-order valence-corrected chi connectivity index (χ0v) is 13.4. The Balaban J connectivity index is 2.06. The Labute approximate surface area is 138 Å². The number of methoxy groups -OCH3 is 1. The van der Waals surface area contributed by atoms with E-state index < -0.39 is 12.0 Å². The number of tetrazole rings is 1. The van der Waals surface area contributed by atoms with Gasteiger partial charge in [-0.05, 0) is 35.0 Å². The van der Waals surface area contributed by atoms with E-state index in [0.717, 1.165) is 11.3 Å². The first-order chi connectivity index (χ1) is 11.7. The summed E-state index contributed by atoms with van der Waals surface area (Å²) in [5.74, 6) is 0.747. The third-order valence-electron chi connectivity index (χ3n) is 3.70. The molecule has 24 heavy (non-hydrogen) atoms. The van der Waals surface area contributed by atoms with Gasteiger partial charge in [-0.15, -0.1) is 0 Å². The molecular formula is C16H17N5O3. The van der Waals surface area contributed by atoms with Crippen LogP contribution in [-0.4, -0.2) is 39.9 Å². The molecule has 0 radical (unpaired) electrons. The van der Waals surface area contributed by atoms with Gasteiger partial charge in [0.25, 0.3) is 0 Å². The monoisotopic (exact) mass is 327 g/mol. The van der Waals surface area contributed by atoms with Crippen molar-refractivity contribution in [3.63, 3.8) is 0 Å². The number of fused-ring (bicyclic) bond motifs is 1. The molecule has 1 aromatic carbocycles. The number of aromatic nitrogens is 4. The van der Waals surface area contributed by atoms with Crippen LogP contribution in [0.4, 0.5) is 5.95 Å². The van der Waals surface area contributed by atoms with Gasteiger partial charge in [-0.2, -0.15) is 4.68 Å². The molecule has 3 rings (SSSR count). The first-order valence-corrected chi connectivity index (χ1v) is 7.33. The molecule has 2 aromatic rings. The number of rotatable bonds is 5. The van der Waals surface area contributed by atoms with Gasteiger partial charge in [0, 0.05) is 5.70 Å². The van der Waals surface area contributed by atoms with E-state index in [1.54, 1.807) is 18.7 Å². The summed E-state index contributed by atoms with van der Waals surface area (Å²) in [5, 5.41) is 14.6. The van der Waals surface area contributed by atoms with Crippen LogP contribution in [0.5, 0.6) is 5.75 Å². The molecule has 0 amide bonds. The maximum atomic E-state index is 12.5. The SMILES string of the molecule is C=CCOC(=O)C1=C(C)Nc2nnnn2[C@H]1c1ccc(OC)cc1. The Morgan fingerprint density at radius 3 is 2.83 bits per heavy atom. The Hall–Kier alpha value is -3.16. The predicted octanol–water partition coefficient (Wildman–Crippen LogP) is 1.70. The first-order valence-electron chi connectivity index (χ1n) is 7.33. The minimum atomic E-state index is -0.487. The highest BCUT2D eigenvalue weighted by Gasteiger charge is 2.34. The van der Waals surface area contributed by atoms with Crippen molar-refractivity contribution in [2.24, 2.45) is 0 Å². The molecule has 0 fully saturated rings. The normalized spacial score (nSPS) is 16.2. The van der Waals surface area contributed by atoms with E-state index >= 15 is 0 Å². The fourth-order valence-electron chi connectivity index (χ4n) is 2.58. The van der Waals surface area contributed by atoms with Crippen LogP contribution in [0, 0.1) is 0 Å². The number of nitrogens with zero attached hydrogens (tertiary/aromatic N) is 4. The van der Waals surface area contributed by atoms with Crippen molar-refractivity contribution in [1.82, 2.24) is 20.2 Å². The Bertz CT molecular complexity index is 794. The third kappa shape index (κ3) is 2.73. The fraction of sp³-hybridized carbons (Fsp3) is 0.250. The molecule has 1 aliphatic heterocycles. The fourth-order valence-corrected chi connectivity index (χ4v) is 2.58. The number of ether oxygens (including phenoxy) is 2. The van der Waals surface area contributed by atoms with Crippen molar-refractivity contribution in [2.45, 2.75) is 13.0 Å². The number of hydrogen-bond donors (Lipinski definition) is 1. The van der Waals surface area contributed by atoms with Gasteiger partial charge in [0.1, 0.15) is 18.4 Å². The molecule has 0 saturated heterocycles. The van der Waals surface area contributed by atoms with Crippen molar-refractivity contribution in [1.29, 1.82) is 0 Å². The van der Waals surface area contributed by atoms with Gasteiger partial charge in [0.2, 0.25) is 5.95 Å². The minimum absolute atomic E-state index is 0.132. The van der Waals surface area contributed by atoms with E-state index in [1.807, 2.05) is 24.3 Å². The molecule has 8 heteroatoms. The second-order valence-electron chi connectivity index (χ2n) is 5.17. The van der Waals surface area contributed by atoms with Gasteiger partial charge in [-0.1, -0.05) is 29.9 Å². The molecule has 8 nitrogen and oxygen atoms in total. The number of benzene rings is 1. The largest absolute Gasteiger partial charge is 0.497 e. The number of nitrogens with one attached hydrogen (secondary N) is 1. The van der Waals surface area contributed by atoms with Crippen LogP contribution in [0.25, 0.3) is 0 Å². The molecular weight excluding hydrogens is 310 g/mol. The maximum Gasteiger partial charge on any atom is 0.338 e. The predicted molar refractivity (Wildman–Crippen MR) is 86.4 cm³/mol. The van der Waals surface area contributed by atoms with Gasteiger partial charge < -0.3 is 14.8 Å². The van der Waals surface area contributed by atoms with E-state index in [0.29, 0.717) is 17.2 Å². The highest BCUT2D eigenvalue weighted by molar-refractivity contribution is 5.92. The average molecular weight is 327 g/mol. The lowest BCUT2D eigenvalue weighted by Gasteiger charge is -2.27. The van der Waals surface area contributed by atoms with Crippen LogP contribution >= 0.6 is 0 Å². The summed E-state index contributed by atoms with van der Waals surface area (Å²) in [7, 11) is 1.60. The summed E-state index contributed by atoms with van der Waals surface area (Å²) in [6.07, 6.45) is 1.52. The van der Waals surface area contributed by atoms with Crippen LogP contribution < -0.4 is 10.1 Å². The Morgan fingerprint density at radius 2 is 2.17 bits per heavy atom. The van der Waals surface area contributed by atoms with Crippen LogP contribution in [0.1, 0.15) is 18.5 Å². The lowest BCUT2D eigenvalue weighted by Crippen LogP contribution is -2.29. The number of esters is 1. The van der Waals surface area contributed by atoms with Gasteiger partial charge >= 0.3 is 5.97 Å². The van der Waals surface area contributed by atoms with Gasteiger partial charge in [0.05, 0.1) is 12.7 Å². The van der Waals surface area contributed by atoms with E-state index in [4.69, 9.17) is 9.47 Å². The molecule has 1 aliphatic rings. The molecule has 0 aliphatic carbocycles. The van der Waals surface area contributed by atoms with E-state index in [1.165, 1.54) is 6.08 Å². The highest BCUT2D eigenvalue weighted by Crippen LogP contribution is 2.35. The lowest BCUT2D eigenvalue weighted by atomic mass is 9.96. The van der Waals surface area contributed by atoms with Crippen LogP contribution in [0.2, 0.25) is 0 Å². The number of carbonyl (C=O) groups is 1. The minimum Gasteiger partial charge on any atom is -0.497 e. The van der Waals surface area contributed by atoms with Crippen LogP contribution in [0.15, 0.2) is 48.2 Å². The van der Waals surface area contributed by atoms with Crippen LogP contribution in [0.3, 0.4) is 0 Å². The first kappa shape index (κ1) is 15.7. The second kappa shape index (κ2) is 6.53. The molecule has 1 aromatic heterocycles. The molecule has 0 unspecified atom stereocenters. The number of hydrogen-bond acceptors (Lipinski definition) is 7. The topological polar surface area (TPSA) is 91.2 Å². The highest BCUT2D eigenvalue weighted by atomic mass is 16.5. The Morgan fingerprint density at radius 1 is 1.42 bits per heavy atom. The average Bonchev–Trinajstić information content (AvgIpc) is 3.06. The molecule has 0 saturated carbocycles. The molecule has 0 spiro atoms. The number of anilines is 1. The summed E-state index contributed by atoms with van der Waals surface area (Å²) in [5.41, 5.74) is 1.93. The van der Waals surface area contributed by atoms with Crippen molar-refractivity contribution in [3.8, 4) is 5.75 Å². The summed E-state index contributed by atoms with van der Waals surface area (Å²) < 4.78 is 12.0. The summed E-state index contributed by atoms with van der Waals surface area (Å²) in [6.45, 7) is 5.48. The zero-order valence-electron chi connectivity index (χ0n) is 13.4. The lowest BCUT2D eigenvalue weighted by molar-refractivity contribution is -0.138. The summed E-state index contributed by atoms with van der Waals surface area (Å²) >= 11 is 0. The summed E-state index contributed by atoms with van der Waals surface area (Å²) in [4.78, 5) is 12.5. The molecule has 2 heterocycles. The number of carbonyl (C=O) groups excluding carboxylic acids is 1. The van der Waals surface area contributed by atoms with Crippen LogP contribution in [-0.2, 0) is 9.53 Å². The smallest absolute Gasteiger partial charge is 0.338 e. The van der Waals surface area contributed by atoms with Gasteiger partial charge in [0.15, 0.2) is 0 Å².